The van der Waals surface area contributed by atoms with Crippen molar-refractivity contribution in [2.45, 2.75) is 18.6 Å². The normalized spacial score (nSPS) is 19.8. The number of aromatic carboxylic acids is 1. The Kier molecular flexibility index (Phi) is 4.01. The van der Waals surface area contributed by atoms with Crippen LogP contribution in [0.3, 0.4) is 0 Å². The number of anilines is 2. The second-order valence-corrected chi connectivity index (χ2v) is 5.84. The number of hydrogen-bond acceptors (Lipinski definition) is 4. The van der Waals surface area contributed by atoms with Crippen molar-refractivity contribution in [3.8, 4) is 0 Å². The van der Waals surface area contributed by atoms with Gasteiger partial charge in [-0.05, 0) is 24.6 Å². The summed E-state index contributed by atoms with van der Waals surface area (Å²) in [7, 11) is 0. The van der Waals surface area contributed by atoms with Gasteiger partial charge in [-0.2, -0.15) is 11.8 Å². The first-order chi connectivity index (χ1) is 8.61. The molecule has 0 bridgehead atoms. The van der Waals surface area contributed by atoms with Crippen molar-refractivity contribution in [3.05, 3.63) is 23.8 Å². The summed E-state index contributed by atoms with van der Waals surface area (Å²) in [6.07, 6.45) is 1.11. The second kappa shape index (κ2) is 5.52. The van der Waals surface area contributed by atoms with Crippen LogP contribution < -0.4 is 10.6 Å². The molecule has 0 amide bonds. The van der Waals surface area contributed by atoms with Gasteiger partial charge in [-0.3, -0.25) is 0 Å². The first-order valence-electron chi connectivity index (χ1n) is 6.11. The van der Waals surface area contributed by atoms with Crippen LogP contribution in [-0.4, -0.2) is 35.2 Å². The summed E-state index contributed by atoms with van der Waals surface area (Å²) in [5, 5.41) is 9.84. The van der Waals surface area contributed by atoms with Crippen molar-refractivity contribution >= 4 is 29.1 Å². The van der Waals surface area contributed by atoms with E-state index in [-0.39, 0.29) is 0 Å². The lowest BCUT2D eigenvalue weighted by atomic mass is 10.1. The van der Waals surface area contributed by atoms with Crippen molar-refractivity contribution < 1.29 is 9.90 Å². The second-order valence-electron chi connectivity index (χ2n) is 4.43. The molecule has 1 unspecified atom stereocenters. The molecule has 4 nitrogen and oxygen atoms in total. The molecule has 3 N–H and O–H groups in total. The van der Waals surface area contributed by atoms with Crippen LogP contribution in [0.25, 0.3) is 0 Å². The van der Waals surface area contributed by atoms with E-state index in [1.807, 2.05) is 17.8 Å². The smallest absolute Gasteiger partial charge is 0.337 e. The van der Waals surface area contributed by atoms with Crippen LogP contribution in [0, 0.1) is 0 Å². The number of carboxylic acids is 1. The zero-order valence-electron chi connectivity index (χ0n) is 10.4. The molecule has 98 valence electrons. The highest BCUT2D eigenvalue weighted by molar-refractivity contribution is 8.00. The minimum Gasteiger partial charge on any atom is -0.478 e. The third kappa shape index (κ3) is 2.72. The molecule has 1 saturated heterocycles. The summed E-state index contributed by atoms with van der Waals surface area (Å²) in [4.78, 5) is 13.4. The van der Waals surface area contributed by atoms with Gasteiger partial charge in [-0.1, -0.05) is 6.92 Å². The van der Waals surface area contributed by atoms with Crippen LogP contribution in [0.1, 0.15) is 23.7 Å². The van der Waals surface area contributed by atoms with Gasteiger partial charge in [0.15, 0.2) is 0 Å². The van der Waals surface area contributed by atoms with E-state index in [2.05, 4.69) is 11.8 Å². The van der Waals surface area contributed by atoms with Gasteiger partial charge < -0.3 is 15.7 Å². The van der Waals surface area contributed by atoms with Crippen LogP contribution in [0.15, 0.2) is 18.2 Å². The molecule has 1 fully saturated rings. The van der Waals surface area contributed by atoms with Gasteiger partial charge in [-0.25, -0.2) is 4.79 Å². The number of hydrogen-bond donors (Lipinski definition) is 2. The maximum Gasteiger partial charge on any atom is 0.337 e. The van der Waals surface area contributed by atoms with Gasteiger partial charge >= 0.3 is 5.97 Å². The Balaban J connectivity index is 2.29. The molecule has 1 heterocycles. The topological polar surface area (TPSA) is 66.6 Å². The van der Waals surface area contributed by atoms with Gasteiger partial charge in [0.25, 0.3) is 0 Å². The zero-order valence-corrected chi connectivity index (χ0v) is 11.2. The Labute approximate surface area is 111 Å². The molecule has 1 aliphatic rings. The Bertz CT molecular complexity index is 451. The van der Waals surface area contributed by atoms with Gasteiger partial charge in [0, 0.05) is 29.8 Å². The predicted octanol–water partition coefficient (Wildman–Crippen LogP) is 2.30. The van der Waals surface area contributed by atoms with Gasteiger partial charge in [0.1, 0.15) is 0 Å². The SMILES string of the molecule is CCC1CN(c2ccc(N)cc2C(=O)O)CCS1. The van der Waals surface area contributed by atoms with Gasteiger partial charge in [-0.15, -0.1) is 0 Å². The van der Waals surface area contributed by atoms with E-state index in [0.29, 0.717) is 16.5 Å². The Morgan fingerprint density at radius 1 is 1.61 bits per heavy atom. The summed E-state index contributed by atoms with van der Waals surface area (Å²) in [5.74, 6) is 0.130. The molecule has 0 aliphatic carbocycles. The van der Waals surface area contributed by atoms with E-state index in [1.165, 1.54) is 0 Å². The minimum atomic E-state index is -0.913. The highest BCUT2D eigenvalue weighted by atomic mass is 32.2. The van der Waals surface area contributed by atoms with Crippen molar-refractivity contribution in [1.29, 1.82) is 0 Å². The third-order valence-electron chi connectivity index (χ3n) is 3.19. The quantitative estimate of drug-likeness (QED) is 0.822. The molecular weight excluding hydrogens is 248 g/mol. The average Bonchev–Trinajstić information content (AvgIpc) is 2.38. The molecule has 18 heavy (non-hydrogen) atoms. The predicted molar refractivity (Wildman–Crippen MR) is 76.6 cm³/mol. The number of rotatable bonds is 3. The highest BCUT2D eigenvalue weighted by Gasteiger charge is 2.22. The van der Waals surface area contributed by atoms with E-state index in [1.54, 1.807) is 12.1 Å². The lowest BCUT2D eigenvalue weighted by molar-refractivity contribution is 0.0697. The first-order valence-corrected chi connectivity index (χ1v) is 7.16. The summed E-state index contributed by atoms with van der Waals surface area (Å²) >= 11 is 1.97. The molecule has 1 aliphatic heterocycles. The van der Waals surface area contributed by atoms with Crippen LogP contribution in [0.5, 0.6) is 0 Å². The molecule has 0 radical (unpaired) electrons. The van der Waals surface area contributed by atoms with E-state index in [9.17, 15) is 9.90 Å². The Morgan fingerprint density at radius 3 is 3.06 bits per heavy atom. The molecule has 0 spiro atoms. The summed E-state index contributed by atoms with van der Waals surface area (Å²) < 4.78 is 0. The van der Waals surface area contributed by atoms with E-state index < -0.39 is 5.97 Å². The Morgan fingerprint density at radius 2 is 2.39 bits per heavy atom. The molecule has 2 rings (SSSR count). The van der Waals surface area contributed by atoms with Crippen molar-refractivity contribution in [2.75, 3.05) is 29.5 Å². The van der Waals surface area contributed by atoms with Crippen molar-refractivity contribution in [1.82, 2.24) is 0 Å². The molecule has 1 aromatic rings. The largest absolute Gasteiger partial charge is 0.478 e. The number of benzene rings is 1. The standard InChI is InChI=1S/C13H18N2O2S/c1-2-10-8-15(5-6-18-10)12-4-3-9(14)7-11(12)13(16)17/h3-4,7,10H,2,5-6,8,14H2,1H3,(H,16,17). The molecule has 0 saturated carbocycles. The zero-order chi connectivity index (χ0) is 13.1. The highest BCUT2D eigenvalue weighted by Crippen LogP contribution is 2.29. The summed E-state index contributed by atoms with van der Waals surface area (Å²) in [5.41, 5.74) is 7.25. The average molecular weight is 266 g/mol. The fraction of sp³-hybridized carbons (Fsp3) is 0.462. The molecule has 1 atom stereocenters. The number of carboxylic acid groups (broad SMARTS) is 1. The fourth-order valence-corrected chi connectivity index (χ4v) is 3.37. The van der Waals surface area contributed by atoms with Crippen molar-refractivity contribution in [2.24, 2.45) is 0 Å². The van der Waals surface area contributed by atoms with Crippen LogP contribution >= 0.6 is 11.8 Å². The van der Waals surface area contributed by atoms with E-state index >= 15 is 0 Å². The lowest BCUT2D eigenvalue weighted by Gasteiger charge is -2.34. The molecule has 1 aromatic carbocycles. The number of nitrogens with two attached hydrogens (primary N) is 1. The monoisotopic (exact) mass is 266 g/mol. The van der Waals surface area contributed by atoms with Crippen molar-refractivity contribution in [3.63, 3.8) is 0 Å². The number of nitrogens with zero attached hydrogens (tertiary/aromatic N) is 1. The fourth-order valence-electron chi connectivity index (χ4n) is 2.19. The van der Waals surface area contributed by atoms with E-state index in [4.69, 9.17) is 5.73 Å². The number of thioether (sulfide) groups is 1. The minimum absolute atomic E-state index is 0.303. The molecule has 5 heteroatoms. The number of nitrogen functional groups attached to an aromatic ring is 1. The Hall–Kier alpha value is -1.36. The van der Waals surface area contributed by atoms with Crippen LogP contribution in [0.2, 0.25) is 0 Å². The van der Waals surface area contributed by atoms with Gasteiger partial charge in [0.05, 0.1) is 11.3 Å². The maximum absolute atomic E-state index is 11.3. The number of carbonyl (C=O) groups is 1. The van der Waals surface area contributed by atoms with Crippen LogP contribution in [-0.2, 0) is 0 Å². The van der Waals surface area contributed by atoms with Crippen LogP contribution in [0.4, 0.5) is 11.4 Å². The van der Waals surface area contributed by atoms with E-state index in [0.717, 1.165) is 31.0 Å². The maximum atomic E-state index is 11.3. The summed E-state index contributed by atoms with van der Waals surface area (Å²) in [6, 6.07) is 5.13. The first kappa shape index (κ1) is 13.1. The summed E-state index contributed by atoms with van der Waals surface area (Å²) in [6.45, 7) is 3.97. The lowest BCUT2D eigenvalue weighted by Crippen LogP contribution is -2.38. The third-order valence-corrected chi connectivity index (χ3v) is 4.56. The van der Waals surface area contributed by atoms with Gasteiger partial charge in [0.2, 0.25) is 0 Å². The molecular formula is C13H18N2O2S. The molecule has 0 aromatic heterocycles.